The highest BCUT2D eigenvalue weighted by Crippen LogP contribution is 2.48. The van der Waals surface area contributed by atoms with Gasteiger partial charge in [-0.1, -0.05) is 18.9 Å². The van der Waals surface area contributed by atoms with Crippen molar-refractivity contribution in [3.8, 4) is 41.2 Å². The molecule has 3 unspecified atom stereocenters. The number of anilines is 1. The van der Waals surface area contributed by atoms with Gasteiger partial charge in [-0.25, -0.2) is 13.8 Å². The number of rotatable bonds is 9. The zero-order chi connectivity index (χ0) is 33.4. The molecule has 3 atom stereocenters. The van der Waals surface area contributed by atoms with Gasteiger partial charge in [-0.2, -0.15) is 9.97 Å². The molecular weight excluding hydrogens is 626 g/mol. The lowest BCUT2D eigenvalue weighted by Crippen LogP contribution is -2.51. The zero-order valence-electron chi connectivity index (χ0n) is 27.6. The van der Waals surface area contributed by atoms with Gasteiger partial charge in [-0.15, -0.1) is 6.42 Å². The Labute approximate surface area is 284 Å². The van der Waals surface area contributed by atoms with Gasteiger partial charge in [0.2, 0.25) is 5.88 Å². The maximum atomic E-state index is 17.2. The fourth-order valence-corrected chi connectivity index (χ4v) is 8.11. The third-order valence-electron chi connectivity index (χ3n) is 11.0. The van der Waals surface area contributed by atoms with Crippen molar-refractivity contribution in [1.82, 2.24) is 25.2 Å². The van der Waals surface area contributed by atoms with Gasteiger partial charge in [-0.05, 0) is 81.0 Å². The molecule has 11 heteroatoms. The van der Waals surface area contributed by atoms with Crippen LogP contribution >= 0.6 is 0 Å². The number of piperazine rings is 1. The van der Waals surface area contributed by atoms with E-state index < -0.39 is 11.6 Å². The average molecular weight is 667 g/mol. The lowest BCUT2D eigenvalue weighted by Gasteiger charge is -2.34. The highest BCUT2D eigenvalue weighted by molar-refractivity contribution is 6.04. The molecule has 0 spiro atoms. The first-order valence-corrected chi connectivity index (χ1v) is 17.6. The second-order valence-corrected chi connectivity index (χ2v) is 15.1. The molecule has 9 nitrogen and oxygen atoms in total. The van der Waals surface area contributed by atoms with E-state index in [0.717, 1.165) is 58.2 Å². The minimum absolute atomic E-state index is 0.0138. The Hall–Kier alpha value is -4.27. The molecule has 9 rings (SSSR count). The Morgan fingerprint density at radius 2 is 1.82 bits per heavy atom. The van der Waals surface area contributed by atoms with Gasteiger partial charge < -0.3 is 29.7 Å². The maximum Gasteiger partial charge on any atom is 0.319 e. The Balaban J connectivity index is 1.20. The molecule has 5 fully saturated rings. The van der Waals surface area contributed by atoms with Gasteiger partial charge in [0.05, 0.1) is 12.2 Å². The monoisotopic (exact) mass is 666 g/mol. The fraction of sp³-hybridized carbons (Fsp3) is 0.500. The smallest absolute Gasteiger partial charge is 0.319 e. The predicted octanol–water partition coefficient (Wildman–Crippen LogP) is 5.79. The number of benzene rings is 2. The lowest BCUT2D eigenvalue weighted by molar-refractivity contribution is 0.168. The topological polar surface area (TPSA) is 95.9 Å². The molecule has 3 aliphatic heterocycles. The Morgan fingerprint density at radius 3 is 2.51 bits per heavy atom. The minimum Gasteiger partial charge on any atom is -0.508 e. The molecule has 2 bridgehead atoms. The molecular formula is C38H40F2N6O3. The summed E-state index contributed by atoms with van der Waals surface area (Å²) < 4.78 is 45.1. The van der Waals surface area contributed by atoms with Crippen molar-refractivity contribution in [3.05, 3.63) is 41.5 Å². The van der Waals surface area contributed by atoms with Crippen LogP contribution in [-0.4, -0.2) is 82.5 Å². The maximum absolute atomic E-state index is 17.2. The molecule has 3 saturated heterocycles. The second kappa shape index (κ2) is 11.7. The van der Waals surface area contributed by atoms with E-state index in [1.54, 1.807) is 0 Å². The van der Waals surface area contributed by atoms with E-state index in [4.69, 9.17) is 30.8 Å². The number of pyridine rings is 1. The molecule has 2 saturated carbocycles. The fourth-order valence-electron chi connectivity index (χ4n) is 8.11. The Bertz CT molecular complexity index is 2010. The van der Waals surface area contributed by atoms with E-state index in [9.17, 15) is 5.11 Å². The van der Waals surface area contributed by atoms with Crippen LogP contribution in [0.2, 0.25) is 0 Å². The van der Waals surface area contributed by atoms with E-state index in [1.807, 2.05) is 0 Å². The number of ether oxygens (including phenoxy) is 2. The van der Waals surface area contributed by atoms with Crippen LogP contribution in [0.1, 0.15) is 57.4 Å². The molecule has 2 N–H and O–H groups in total. The molecule has 49 heavy (non-hydrogen) atoms. The normalized spacial score (nSPS) is 24.4. The number of terminal acetylenes is 1. The molecule has 2 aromatic heterocycles. The highest BCUT2D eigenvalue weighted by atomic mass is 19.1. The summed E-state index contributed by atoms with van der Waals surface area (Å²) in [6.07, 6.45) is 12.9. The number of fused-ring (bicyclic) bond motifs is 4. The van der Waals surface area contributed by atoms with Crippen LogP contribution in [0, 0.1) is 35.3 Å². The van der Waals surface area contributed by atoms with E-state index in [1.165, 1.54) is 30.7 Å². The van der Waals surface area contributed by atoms with Crippen LogP contribution in [-0.2, 0) is 0 Å². The van der Waals surface area contributed by atoms with Gasteiger partial charge in [0.15, 0.2) is 5.82 Å². The zero-order valence-corrected chi connectivity index (χ0v) is 27.6. The molecule has 2 aromatic carbocycles. The molecule has 4 aromatic rings. The van der Waals surface area contributed by atoms with Gasteiger partial charge in [0.1, 0.15) is 40.1 Å². The van der Waals surface area contributed by atoms with E-state index in [0.29, 0.717) is 54.3 Å². The highest BCUT2D eigenvalue weighted by Gasteiger charge is 2.46. The van der Waals surface area contributed by atoms with Crippen molar-refractivity contribution in [2.24, 2.45) is 11.3 Å². The van der Waals surface area contributed by atoms with Gasteiger partial charge in [-0.3, -0.25) is 0 Å². The molecule has 5 aliphatic rings. The van der Waals surface area contributed by atoms with Crippen molar-refractivity contribution in [3.63, 3.8) is 0 Å². The SMILES string of the molecule is C#Cc1c(F)ccc2cc(O)cc(-c3nc(OC4CC4)c4c(N5CC6CCC(C5)N6)nc(OCC5(CN6CCC(C)C6)CC5)nc4c3F)c12. The van der Waals surface area contributed by atoms with Crippen LogP contribution in [0.25, 0.3) is 32.9 Å². The summed E-state index contributed by atoms with van der Waals surface area (Å²) in [5.41, 5.74) is 0.0324. The molecule has 0 amide bonds. The van der Waals surface area contributed by atoms with Gasteiger partial charge >= 0.3 is 6.01 Å². The van der Waals surface area contributed by atoms with Crippen LogP contribution in [0.15, 0.2) is 24.3 Å². The lowest BCUT2D eigenvalue weighted by atomic mass is 9.95. The number of hydrogen-bond acceptors (Lipinski definition) is 9. The minimum atomic E-state index is -0.740. The third kappa shape index (κ3) is 5.69. The summed E-state index contributed by atoms with van der Waals surface area (Å²) in [4.78, 5) is 19.2. The molecule has 0 radical (unpaired) electrons. The summed E-state index contributed by atoms with van der Waals surface area (Å²) in [6, 6.07) is 6.30. The van der Waals surface area contributed by atoms with E-state index >= 15 is 8.78 Å². The molecule has 254 valence electrons. The Morgan fingerprint density at radius 1 is 1.02 bits per heavy atom. The molecule has 5 heterocycles. The number of nitrogens with one attached hydrogen (secondary N) is 1. The van der Waals surface area contributed by atoms with Crippen molar-refractivity contribution in [2.75, 3.05) is 44.2 Å². The summed E-state index contributed by atoms with van der Waals surface area (Å²) in [5, 5.41) is 15.5. The number of aromatic hydroxyl groups is 1. The third-order valence-corrected chi connectivity index (χ3v) is 11.0. The average Bonchev–Trinajstić information content (AvgIpc) is 4.00. The number of phenolic OH excluding ortho intramolecular Hbond substituents is 1. The summed E-state index contributed by atoms with van der Waals surface area (Å²) in [5.74, 6) is 2.38. The van der Waals surface area contributed by atoms with E-state index in [-0.39, 0.29) is 56.9 Å². The van der Waals surface area contributed by atoms with Crippen LogP contribution < -0.4 is 19.7 Å². The Kier molecular flexibility index (Phi) is 7.32. The van der Waals surface area contributed by atoms with Crippen LogP contribution in [0.5, 0.6) is 17.6 Å². The van der Waals surface area contributed by atoms with Crippen molar-refractivity contribution >= 4 is 27.5 Å². The van der Waals surface area contributed by atoms with Crippen molar-refractivity contribution in [1.29, 1.82) is 0 Å². The quantitative estimate of drug-likeness (QED) is 0.215. The summed E-state index contributed by atoms with van der Waals surface area (Å²) in [6.45, 7) is 7.32. The van der Waals surface area contributed by atoms with Gasteiger partial charge in [0.25, 0.3) is 0 Å². The van der Waals surface area contributed by atoms with Crippen LogP contribution in [0.3, 0.4) is 0 Å². The second-order valence-electron chi connectivity index (χ2n) is 15.1. The van der Waals surface area contributed by atoms with Crippen molar-refractivity contribution < 1.29 is 23.4 Å². The number of aromatic nitrogens is 3. The van der Waals surface area contributed by atoms with Crippen molar-refractivity contribution in [2.45, 2.75) is 70.1 Å². The van der Waals surface area contributed by atoms with E-state index in [2.05, 4.69) is 28.0 Å². The first-order valence-electron chi connectivity index (χ1n) is 17.6. The number of halogens is 2. The van der Waals surface area contributed by atoms with Crippen LogP contribution in [0.4, 0.5) is 14.6 Å². The number of hydrogen-bond donors (Lipinski definition) is 2. The largest absolute Gasteiger partial charge is 0.508 e. The number of likely N-dealkylation sites (tertiary alicyclic amines) is 1. The summed E-state index contributed by atoms with van der Waals surface area (Å²) in [7, 11) is 0. The number of nitrogens with zero attached hydrogens (tertiary/aromatic N) is 5. The standard InChI is InChI=1S/C38H40F2N6O3/c1-3-27-29(39)9-4-22-14-25(47)15-28(30(22)27)33-32(40)34-31(36(42-33)49-26-7-8-26)35(46-17-23-5-6-24(18-46)41-23)44-37(43-34)48-20-38(11-12-38)19-45-13-10-21(2)16-45/h1,4,9,14-15,21,23-24,26,41,47H,5-8,10-13,16-20H2,2H3. The summed E-state index contributed by atoms with van der Waals surface area (Å²) >= 11 is 0. The van der Waals surface area contributed by atoms with Gasteiger partial charge in [0, 0.05) is 54.6 Å². The first-order chi connectivity index (χ1) is 23.8. The first kappa shape index (κ1) is 30.8. The molecule has 2 aliphatic carbocycles. The predicted molar refractivity (Wildman–Crippen MR) is 183 cm³/mol. The number of phenols is 1.